The number of nitrogens with zero attached hydrogens (tertiary/aromatic N) is 3. The molecule has 0 saturated carbocycles. The number of aliphatic hydroxyl groups is 2. The van der Waals surface area contributed by atoms with Gasteiger partial charge in [-0.1, -0.05) is 0 Å². The minimum absolute atomic E-state index is 0.0708. The van der Waals surface area contributed by atoms with E-state index in [2.05, 4.69) is 4.90 Å². The molecule has 0 radical (unpaired) electrons. The maximum atomic E-state index is 14.6. The summed E-state index contributed by atoms with van der Waals surface area (Å²) < 4.78 is 38.9. The SMILES string of the molecule is CN(CCO)CCOC(C)(C)P(=O)(OCCN(C)CCOC(C)(C)C)C(C)(C)OCCN(C)CCO. The lowest BCUT2D eigenvalue weighted by molar-refractivity contribution is -0.0206. The van der Waals surface area contributed by atoms with Gasteiger partial charge in [-0.25, -0.2) is 0 Å². The summed E-state index contributed by atoms with van der Waals surface area (Å²) in [5, 5.41) is 16.1. The van der Waals surface area contributed by atoms with E-state index in [0.29, 0.717) is 52.5 Å². The summed E-state index contributed by atoms with van der Waals surface area (Å²) in [4.78, 5) is 6.00. The van der Waals surface area contributed by atoms with Gasteiger partial charge in [0.2, 0.25) is 0 Å². The van der Waals surface area contributed by atoms with Crippen LogP contribution in [0.4, 0.5) is 0 Å². The molecule has 0 rings (SSSR count). The van der Waals surface area contributed by atoms with Crippen LogP contribution in [0.1, 0.15) is 48.5 Å². The van der Waals surface area contributed by atoms with E-state index in [1.165, 1.54) is 0 Å². The van der Waals surface area contributed by atoms with Gasteiger partial charge in [-0.2, -0.15) is 0 Å². The molecule has 0 spiro atoms. The highest BCUT2D eigenvalue weighted by Crippen LogP contribution is 2.68. The van der Waals surface area contributed by atoms with Crippen LogP contribution in [-0.4, -0.2) is 141 Å². The third-order valence-electron chi connectivity index (χ3n) is 5.99. The monoisotopic (exact) mass is 541 g/mol. The first-order valence-corrected chi connectivity index (χ1v) is 14.6. The Hall–Kier alpha value is -0.130. The number of aliphatic hydroxyl groups excluding tert-OH is 2. The molecule has 0 saturated heterocycles. The second-order valence-corrected chi connectivity index (χ2v) is 14.8. The van der Waals surface area contributed by atoms with Gasteiger partial charge in [0.05, 0.1) is 45.2 Å². The second-order valence-electron chi connectivity index (χ2n) is 11.3. The number of ether oxygens (including phenoxy) is 3. The molecular weight excluding hydrogens is 485 g/mol. The highest BCUT2D eigenvalue weighted by atomic mass is 31.2. The zero-order valence-electron chi connectivity index (χ0n) is 24.7. The fourth-order valence-corrected chi connectivity index (χ4v) is 6.32. The van der Waals surface area contributed by atoms with Crippen molar-refractivity contribution < 1.29 is 33.5 Å². The molecule has 0 atom stereocenters. The maximum Gasteiger partial charge on any atom is 0.263 e. The zero-order valence-corrected chi connectivity index (χ0v) is 25.6. The second kappa shape index (κ2) is 16.7. The summed E-state index contributed by atoms with van der Waals surface area (Å²) >= 11 is 0. The van der Waals surface area contributed by atoms with Crippen LogP contribution in [0.5, 0.6) is 0 Å². The van der Waals surface area contributed by atoms with Crippen LogP contribution in [0.3, 0.4) is 0 Å². The van der Waals surface area contributed by atoms with E-state index in [1.807, 2.05) is 51.7 Å². The molecule has 0 bridgehead atoms. The molecule has 0 aliphatic heterocycles. The highest BCUT2D eigenvalue weighted by molar-refractivity contribution is 7.61. The van der Waals surface area contributed by atoms with Gasteiger partial charge < -0.3 is 43.6 Å². The van der Waals surface area contributed by atoms with E-state index in [9.17, 15) is 4.57 Å². The smallest absolute Gasteiger partial charge is 0.263 e. The lowest BCUT2D eigenvalue weighted by Crippen LogP contribution is -2.41. The summed E-state index contributed by atoms with van der Waals surface area (Å²) in [6.45, 7) is 18.5. The molecule has 11 heteroatoms. The number of hydrogen-bond acceptors (Lipinski definition) is 10. The van der Waals surface area contributed by atoms with E-state index in [4.69, 9.17) is 28.9 Å². The van der Waals surface area contributed by atoms with Crippen LogP contribution in [0.25, 0.3) is 0 Å². The third kappa shape index (κ3) is 13.6. The molecule has 10 nitrogen and oxygen atoms in total. The topological polar surface area (TPSA) is 104 Å². The highest BCUT2D eigenvalue weighted by Gasteiger charge is 2.55. The van der Waals surface area contributed by atoms with E-state index in [0.717, 1.165) is 6.54 Å². The molecule has 0 amide bonds. The molecule has 0 aromatic carbocycles. The summed E-state index contributed by atoms with van der Waals surface area (Å²) in [7, 11) is 2.26. The number of rotatable bonds is 21. The van der Waals surface area contributed by atoms with E-state index < -0.39 is 18.1 Å². The Morgan fingerprint density at radius 1 is 0.583 bits per heavy atom. The molecule has 0 aliphatic carbocycles. The fourth-order valence-electron chi connectivity index (χ4n) is 3.54. The Kier molecular flexibility index (Phi) is 16.7. The van der Waals surface area contributed by atoms with Gasteiger partial charge in [-0.05, 0) is 69.6 Å². The predicted octanol–water partition coefficient (Wildman–Crippen LogP) is 2.38. The first-order chi connectivity index (χ1) is 16.5. The maximum absolute atomic E-state index is 14.6. The Morgan fingerprint density at radius 2 is 0.917 bits per heavy atom. The Bertz CT molecular complexity index is 595. The van der Waals surface area contributed by atoms with Crippen molar-refractivity contribution in [1.82, 2.24) is 14.7 Å². The van der Waals surface area contributed by atoms with Gasteiger partial charge in [0.25, 0.3) is 7.37 Å². The van der Waals surface area contributed by atoms with Crippen molar-refractivity contribution >= 4 is 7.37 Å². The van der Waals surface area contributed by atoms with E-state index >= 15 is 0 Å². The van der Waals surface area contributed by atoms with Crippen molar-refractivity contribution in [3.8, 4) is 0 Å². The largest absolute Gasteiger partial charge is 0.395 e. The van der Waals surface area contributed by atoms with Crippen molar-refractivity contribution in [3.05, 3.63) is 0 Å². The summed E-state index contributed by atoms with van der Waals surface area (Å²) in [6, 6.07) is 0. The Balaban J connectivity index is 5.33. The quantitative estimate of drug-likeness (QED) is 0.211. The van der Waals surface area contributed by atoms with Crippen molar-refractivity contribution in [2.45, 2.75) is 64.8 Å². The van der Waals surface area contributed by atoms with Crippen LogP contribution in [0, 0.1) is 0 Å². The van der Waals surface area contributed by atoms with E-state index in [1.54, 1.807) is 27.7 Å². The van der Waals surface area contributed by atoms with Crippen LogP contribution < -0.4 is 0 Å². The Labute approximate surface area is 220 Å². The standard InChI is InChI=1S/C25H56N3O7P/c1-23(2,3)32-19-13-28(10)16-22-35-36(31,24(4,5)33-20-14-26(8)11-17-29)25(6,7)34-21-15-27(9)12-18-30/h29-30H,11-22H2,1-10H3. The zero-order chi connectivity index (χ0) is 28.0. The van der Waals surface area contributed by atoms with Gasteiger partial charge >= 0.3 is 0 Å². The molecule has 0 unspecified atom stereocenters. The summed E-state index contributed by atoms with van der Waals surface area (Å²) in [5.41, 5.74) is -0.188. The number of likely N-dealkylation sites (N-methyl/N-ethyl adjacent to an activating group) is 3. The fraction of sp³-hybridized carbons (Fsp3) is 1.00. The van der Waals surface area contributed by atoms with Crippen molar-refractivity contribution in [2.24, 2.45) is 0 Å². The van der Waals surface area contributed by atoms with Gasteiger partial charge in [0.1, 0.15) is 10.7 Å². The molecule has 0 heterocycles. The first-order valence-electron chi connectivity index (χ1n) is 13.0. The van der Waals surface area contributed by atoms with Gasteiger partial charge in [-0.15, -0.1) is 0 Å². The molecule has 36 heavy (non-hydrogen) atoms. The van der Waals surface area contributed by atoms with Crippen LogP contribution in [0.15, 0.2) is 0 Å². The molecule has 0 aliphatic rings. The van der Waals surface area contributed by atoms with Gasteiger partial charge in [-0.3, -0.25) is 4.57 Å². The molecule has 0 aromatic rings. The molecule has 2 N–H and O–H groups in total. The molecule has 218 valence electrons. The molecular formula is C25H56N3O7P. The lowest BCUT2D eigenvalue weighted by atomic mass is 10.2. The van der Waals surface area contributed by atoms with Gasteiger partial charge in [0, 0.05) is 39.3 Å². The summed E-state index contributed by atoms with van der Waals surface area (Å²) in [5.74, 6) is 0. The van der Waals surface area contributed by atoms with Crippen LogP contribution in [-0.2, 0) is 23.3 Å². The number of hydrogen-bond donors (Lipinski definition) is 2. The van der Waals surface area contributed by atoms with Crippen molar-refractivity contribution in [1.29, 1.82) is 0 Å². The van der Waals surface area contributed by atoms with Crippen LogP contribution >= 0.6 is 7.37 Å². The first kappa shape index (κ1) is 35.9. The average Bonchev–Trinajstić information content (AvgIpc) is 2.72. The molecule has 0 fully saturated rings. The van der Waals surface area contributed by atoms with Gasteiger partial charge in [0.15, 0.2) is 0 Å². The van der Waals surface area contributed by atoms with E-state index in [-0.39, 0.29) is 25.4 Å². The normalized spacial score (nSPS) is 14.0. The van der Waals surface area contributed by atoms with Crippen molar-refractivity contribution in [3.63, 3.8) is 0 Å². The predicted molar refractivity (Wildman–Crippen MR) is 146 cm³/mol. The van der Waals surface area contributed by atoms with Crippen LogP contribution in [0.2, 0.25) is 0 Å². The molecule has 0 aromatic heterocycles. The summed E-state index contributed by atoms with van der Waals surface area (Å²) in [6.07, 6.45) is 0. The lowest BCUT2D eigenvalue weighted by Gasteiger charge is -2.43. The van der Waals surface area contributed by atoms with Crippen molar-refractivity contribution in [2.75, 3.05) is 100 Å². The average molecular weight is 542 g/mol. The minimum Gasteiger partial charge on any atom is -0.395 e. The third-order valence-corrected chi connectivity index (χ3v) is 9.63. The Morgan fingerprint density at radius 3 is 1.28 bits per heavy atom. The minimum atomic E-state index is -3.52.